The quantitative estimate of drug-likeness (QED) is 0.829. The Hall–Kier alpha value is -1.58. The monoisotopic (exact) mass is 236 g/mol. The van der Waals surface area contributed by atoms with Gasteiger partial charge in [0.15, 0.2) is 0 Å². The first-order valence-corrected chi connectivity index (χ1v) is 5.85. The highest BCUT2D eigenvalue weighted by atomic mass is 19.1. The first kappa shape index (κ1) is 11.9. The van der Waals surface area contributed by atoms with Gasteiger partial charge < -0.3 is 10.6 Å². The Morgan fingerprint density at radius 2 is 2.06 bits per heavy atom. The lowest BCUT2D eigenvalue weighted by molar-refractivity contribution is -0.117. The number of anilines is 2. The molecule has 3 nitrogen and oxygen atoms in total. The molecule has 2 N–H and O–H groups in total. The molecule has 0 aromatic heterocycles. The van der Waals surface area contributed by atoms with Crippen LogP contribution in [0.1, 0.15) is 25.8 Å². The molecule has 17 heavy (non-hydrogen) atoms. The summed E-state index contributed by atoms with van der Waals surface area (Å²) < 4.78 is 13.4. The number of carbonyl (C=O) groups is 1. The Morgan fingerprint density at radius 3 is 2.71 bits per heavy atom. The number of hydrogen-bond donors (Lipinski definition) is 2. The minimum absolute atomic E-state index is 0.0443. The molecule has 1 aromatic carbocycles. The van der Waals surface area contributed by atoms with Gasteiger partial charge in [0.1, 0.15) is 11.9 Å². The van der Waals surface area contributed by atoms with Crippen LogP contribution in [0.3, 0.4) is 0 Å². The van der Waals surface area contributed by atoms with Crippen molar-refractivity contribution in [3.63, 3.8) is 0 Å². The highest BCUT2D eigenvalue weighted by molar-refractivity contribution is 6.03. The molecule has 0 aliphatic carbocycles. The summed E-state index contributed by atoms with van der Waals surface area (Å²) in [6, 6.07) is 2.82. The van der Waals surface area contributed by atoms with Crippen molar-refractivity contribution >= 4 is 17.3 Å². The van der Waals surface area contributed by atoms with Gasteiger partial charge in [-0.25, -0.2) is 4.39 Å². The van der Waals surface area contributed by atoms with Crippen LogP contribution in [0, 0.1) is 18.7 Å². The summed E-state index contributed by atoms with van der Waals surface area (Å²) in [5.74, 6) is 0.114. The number of carbonyl (C=O) groups excluding carboxylic acids is 1. The van der Waals surface area contributed by atoms with E-state index in [0.29, 0.717) is 22.9 Å². The standard InChI is InChI=1S/C13H17FN2O/c1-7(2)4-12-13(17)16-10-5-8(3)9(14)6-11(10)15-12/h5-7,12,15H,4H2,1-3H3,(H,16,17)/t12-/m1/s1. The van der Waals surface area contributed by atoms with Crippen molar-refractivity contribution in [2.75, 3.05) is 10.6 Å². The highest BCUT2D eigenvalue weighted by Gasteiger charge is 2.26. The maximum atomic E-state index is 13.4. The van der Waals surface area contributed by atoms with Gasteiger partial charge in [-0.2, -0.15) is 0 Å². The number of nitrogens with one attached hydrogen (secondary N) is 2. The maximum Gasteiger partial charge on any atom is 0.246 e. The summed E-state index contributed by atoms with van der Waals surface area (Å²) in [6.07, 6.45) is 0.737. The zero-order chi connectivity index (χ0) is 12.6. The van der Waals surface area contributed by atoms with Gasteiger partial charge in [-0.3, -0.25) is 4.79 Å². The second-order valence-corrected chi connectivity index (χ2v) is 4.96. The lowest BCUT2D eigenvalue weighted by atomic mass is 10.00. The first-order valence-electron chi connectivity index (χ1n) is 5.85. The number of fused-ring (bicyclic) bond motifs is 1. The fraction of sp³-hybridized carbons (Fsp3) is 0.462. The second-order valence-electron chi connectivity index (χ2n) is 4.96. The van der Waals surface area contributed by atoms with Crippen LogP contribution in [0.4, 0.5) is 15.8 Å². The molecule has 1 aliphatic heterocycles. The smallest absolute Gasteiger partial charge is 0.246 e. The van der Waals surface area contributed by atoms with Crippen molar-refractivity contribution in [2.24, 2.45) is 5.92 Å². The van der Waals surface area contributed by atoms with E-state index in [1.807, 2.05) is 0 Å². The van der Waals surface area contributed by atoms with Crippen molar-refractivity contribution in [3.05, 3.63) is 23.5 Å². The molecule has 0 spiro atoms. The molecule has 1 aromatic rings. The minimum atomic E-state index is -0.274. The predicted molar refractivity (Wildman–Crippen MR) is 66.6 cm³/mol. The van der Waals surface area contributed by atoms with Crippen molar-refractivity contribution in [1.29, 1.82) is 0 Å². The van der Waals surface area contributed by atoms with Crippen LogP contribution >= 0.6 is 0 Å². The molecule has 0 unspecified atom stereocenters. The van der Waals surface area contributed by atoms with Crippen LogP contribution in [0.15, 0.2) is 12.1 Å². The van der Waals surface area contributed by atoms with Crippen LogP contribution in [-0.2, 0) is 4.79 Å². The molecule has 0 fully saturated rings. The summed E-state index contributed by atoms with van der Waals surface area (Å²) in [4.78, 5) is 11.8. The first-order chi connectivity index (χ1) is 7.97. The third-order valence-electron chi connectivity index (χ3n) is 2.91. The number of hydrogen-bond acceptors (Lipinski definition) is 2. The summed E-state index contributed by atoms with van der Waals surface area (Å²) in [5, 5.41) is 5.91. The maximum absolute atomic E-state index is 13.4. The molecule has 0 saturated carbocycles. The molecule has 92 valence electrons. The fourth-order valence-electron chi connectivity index (χ4n) is 2.01. The van der Waals surface area contributed by atoms with Crippen LogP contribution in [0.25, 0.3) is 0 Å². The lowest BCUT2D eigenvalue weighted by Crippen LogP contribution is -2.39. The number of aryl methyl sites for hydroxylation is 1. The van der Waals surface area contributed by atoms with Gasteiger partial charge in [-0.05, 0) is 37.0 Å². The van der Waals surface area contributed by atoms with Crippen molar-refractivity contribution < 1.29 is 9.18 Å². The number of rotatable bonds is 2. The van der Waals surface area contributed by atoms with E-state index >= 15 is 0 Å². The summed E-state index contributed by atoms with van der Waals surface area (Å²) in [7, 11) is 0. The fourth-order valence-corrected chi connectivity index (χ4v) is 2.01. The van der Waals surface area contributed by atoms with E-state index in [1.165, 1.54) is 6.07 Å². The Balaban J connectivity index is 2.28. The Morgan fingerprint density at radius 1 is 1.35 bits per heavy atom. The van der Waals surface area contributed by atoms with Crippen molar-refractivity contribution in [2.45, 2.75) is 33.2 Å². The highest BCUT2D eigenvalue weighted by Crippen LogP contribution is 2.30. The predicted octanol–water partition coefficient (Wildman–Crippen LogP) is 2.91. The normalized spacial score (nSPS) is 18.6. The van der Waals surface area contributed by atoms with Crippen molar-refractivity contribution in [1.82, 2.24) is 0 Å². The van der Waals surface area contributed by atoms with E-state index in [0.717, 1.165) is 6.42 Å². The van der Waals surface area contributed by atoms with E-state index < -0.39 is 0 Å². The van der Waals surface area contributed by atoms with E-state index in [-0.39, 0.29) is 17.8 Å². The molecular weight excluding hydrogens is 219 g/mol. The van der Waals surface area contributed by atoms with Gasteiger partial charge >= 0.3 is 0 Å². The molecule has 2 rings (SSSR count). The number of benzene rings is 1. The topological polar surface area (TPSA) is 41.1 Å². The summed E-state index contributed by atoms with van der Waals surface area (Å²) >= 11 is 0. The molecule has 4 heteroatoms. The largest absolute Gasteiger partial charge is 0.372 e. The van der Waals surface area contributed by atoms with Crippen LogP contribution in [-0.4, -0.2) is 11.9 Å². The third kappa shape index (κ3) is 2.40. The molecule has 1 atom stereocenters. The molecule has 1 amide bonds. The number of halogens is 1. The molecule has 1 aliphatic rings. The van der Waals surface area contributed by atoms with E-state index in [2.05, 4.69) is 24.5 Å². The SMILES string of the molecule is Cc1cc2c(cc1F)N[C@H](CC(C)C)C(=O)N2. The average Bonchev–Trinajstić information content (AvgIpc) is 2.22. The lowest BCUT2D eigenvalue weighted by Gasteiger charge is -2.28. The number of amides is 1. The van der Waals surface area contributed by atoms with Crippen LogP contribution < -0.4 is 10.6 Å². The molecule has 0 bridgehead atoms. The van der Waals surface area contributed by atoms with E-state index in [4.69, 9.17) is 0 Å². The zero-order valence-electron chi connectivity index (χ0n) is 10.3. The molecule has 0 saturated heterocycles. The molecule has 0 radical (unpaired) electrons. The third-order valence-corrected chi connectivity index (χ3v) is 2.91. The van der Waals surface area contributed by atoms with Crippen LogP contribution in [0.2, 0.25) is 0 Å². The molecule has 1 heterocycles. The summed E-state index contributed by atoms with van der Waals surface area (Å²) in [5.41, 5.74) is 1.86. The van der Waals surface area contributed by atoms with Gasteiger partial charge in [-0.15, -0.1) is 0 Å². The Labute approximate surface area is 100 Å². The Kier molecular flexibility index (Phi) is 3.05. The zero-order valence-corrected chi connectivity index (χ0v) is 10.3. The molecular formula is C13H17FN2O. The van der Waals surface area contributed by atoms with Crippen LogP contribution in [0.5, 0.6) is 0 Å². The van der Waals surface area contributed by atoms with Gasteiger partial charge in [0.25, 0.3) is 0 Å². The van der Waals surface area contributed by atoms with Gasteiger partial charge in [0.2, 0.25) is 5.91 Å². The van der Waals surface area contributed by atoms with Gasteiger partial charge in [0, 0.05) is 0 Å². The Bertz CT molecular complexity index is 457. The second kappa shape index (κ2) is 4.35. The van der Waals surface area contributed by atoms with Gasteiger partial charge in [-0.1, -0.05) is 13.8 Å². The average molecular weight is 236 g/mol. The van der Waals surface area contributed by atoms with Gasteiger partial charge in [0.05, 0.1) is 11.4 Å². The minimum Gasteiger partial charge on any atom is -0.372 e. The summed E-state index contributed by atoms with van der Waals surface area (Å²) in [6.45, 7) is 5.79. The van der Waals surface area contributed by atoms with Crippen molar-refractivity contribution in [3.8, 4) is 0 Å². The van der Waals surface area contributed by atoms with E-state index in [1.54, 1.807) is 13.0 Å². The van der Waals surface area contributed by atoms with E-state index in [9.17, 15) is 9.18 Å².